The highest BCUT2D eigenvalue weighted by Gasteiger charge is 2.30. The van der Waals surface area contributed by atoms with Crippen molar-refractivity contribution in [2.75, 3.05) is 36.8 Å². The van der Waals surface area contributed by atoms with Crippen LogP contribution in [0.3, 0.4) is 0 Å². The molecule has 7 rings (SSSR count). The summed E-state index contributed by atoms with van der Waals surface area (Å²) in [7, 11) is 3.74. The number of amides is 2. The van der Waals surface area contributed by atoms with Gasteiger partial charge in [0.05, 0.1) is 34.1 Å². The molecule has 0 spiro atoms. The summed E-state index contributed by atoms with van der Waals surface area (Å²) in [5, 5.41) is 25.6. The van der Waals surface area contributed by atoms with Crippen LogP contribution >= 0.6 is 11.6 Å². The van der Waals surface area contributed by atoms with Gasteiger partial charge in [0.15, 0.2) is 11.6 Å². The Bertz CT molecular complexity index is 2100. The molecule has 4 N–H and O–H groups in total. The van der Waals surface area contributed by atoms with E-state index in [-0.39, 0.29) is 17.7 Å². The Balaban J connectivity index is 1.01. The molecule has 14 heteroatoms. The molecule has 4 heterocycles. The number of carboxylic acid groups (broad SMARTS) is 1. The Hall–Kier alpha value is -4.56. The summed E-state index contributed by atoms with van der Waals surface area (Å²) >= 11 is 7.01. The molecule has 4 aromatic rings. The Labute approximate surface area is 326 Å². The molecule has 2 amide bonds. The quantitative estimate of drug-likeness (QED) is 0.151. The summed E-state index contributed by atoms with van der Waals surface area (Å²) < 4.78 is 3.74. The predicted molar refractivity (Wildman–Crippen MR) is 211 cm³/mol. The topological polar surface area (TPSA) is 158 Å². The summed E-state index contributed by atoms with van der Waals surface area (Å²) in [5.74, 6) is -0.310. The first kappa shape index (κ1) is 38.7. The van der Waals surface area contributed by atoms with Crippen molar-refractivity contribution in [1.29, 1.82) is 0 Å². The molecular formula is C41H51ClN8O5. The smallest absolute Gasteiger partial charge is 0.306 e. The molecule has 2 aromatic heterocycles. The number of anilines is 2. The van der Waals surface area contributed by atoms with E-state index in [1.165, 1.54) is 0 Å². The predicted octanol–water partition coefficient (Wildman–Crippen LogP) is 5.67. The Morgan fingerprint density at radius 3 is 1.98 bits per heavy atom. The van der Waals surface area contributed by atoms with Gasteiger partial charge in [-0.2, -0.15) is 0 Å². The lowest BCUT2D eigenvalue weighted by molar-refractivity contribution is -0.143. The van der Waals surface area contributed by atoms with Crippen molar-refractivity contribution in [3.63, 3.8) is 0 Å². The summed E-state index contributed by atoms with van der Waals surface area (Å²) in [5.41, 5.74) is 7.28. The van der Waals surface area contributed by atoms with E-state index in [1.807, 2.05) is 60.5 Å². The van der Waals surface area contributed by atoms with E-state index >= 15 is 0 Å². The molecule has 0 unspecified atom stereocenters. The number of fused-ring (bicyclic) bond motifs is 2. The van der Waals surface area contributed by atoms with Crippen LogP contribution in [0.15, 0.2) is 36.4 Å². The van der Waals surface area contributed by atoms with E-state index in [9.17, 15) is 24.6 Å². The standard InChI is InChI=1S/C41H51ClN8O5/c1-24(51)21-50-20-17-35-33(23-50)44-37(48(35)4)39(52)45-30-9-5-7-28(25(30)2)29-8-6-10-31(36(29)42)46-40(53)38-43-32-22-49(19-16-34(32)47(38)3)18-15-26-11-13-27(14-12-26)41(54)55/h5-10,24,26-27,51H,11-23H2,1-4H3,(H,45,52)(H,46,53)(H,54,55)/t24-,26-,27-/m0/s1. The summed E-state index contributed by atoms with van der Waals surface area (Å²) in [6.45, 7) is 8.13. The van der Waals surface area contributed by atoms with Crippen LogP contribution in [0.4, 0.5) is 11.4 Å². The minimum atomic E-state index is -0.669. The SMILES string of the molecule is Cc1c(NC(=O)c2nc3c(n2C)CCN(C[C@H](C)O)C3)cccc1-c1cccc(NC(=O)c2nc3c(n2C)CCN(CC[C@H]2CC[C@H](C(=O)O)CC2)C3)c1Cl. The van der Waals surface area contributed by atoms with Gasteiger partial charge in [0.1, 0.15) is 0 Å². The largest absolute Gasteiger partial charge is 0.481 e. The molecule has 1 saturated carbocycles. The zero-order valence-corrected chi connectivity index (χ0v) is 32.8. The third-order valence-corrected chi connectivity index (χ3v) is 12.2. The fourth-order valence-corrected chi connectivity index (χ4v) is 8.89. The number of carboxylic acids is 1. The molecule has 0 radical (unpaired) electrons. The van der Waals surface area contributed by atoms with Crippen molar-refractivity contribution >= 4 is 40.8 Å². The second-order valence-electron chi connectivity index (χ2n) is 15.5. The molecule has 292 valence electrons. The third-order valence-electron chi connectivity index (χ3n) is 11.8. The Morgan fingerprint density at radius 2 is 1.38 bits per heavy atom. The van der Waals surface area contributed by atoms with Crippen molar-refractivity contribution < 1.29 is 24.6 Å². The van der Waals surface area contributed by atoms with Gasteiger partial charge in [-0.3, -0.25) is 24.2 Å². The van der Waals surface area contributed by atoms with Gasteiger partial charge < -0.3 is 30.0 Å². The number of hydrogen-bond acceptors (Lipinski definition) is 8. The number of benzene rings is 2. The second kappa shape index (κ2) is 16.3. The van der Waals surface area contributed by atoms with Gasteiger partial charge >= 0.3 is 5.97 Å². The second-order valence-corrected chi connectivity index (χ2v) is 15.9. The molecule has 1 atom stereocenters. The van der Waals surface area contributed by atoms with E-state index < -0.39 is 12.1 Å². The minimum absolute atomic E-state index is 0.195. The highest BCUT2D eigenvalue weighted by Crippen LogP contribution is 2.38. The number of rotatable bonds is 11. The van der Waals surface area contributed by atoms with E-state index in [0.29, 0.717) is 59.2 Å². The highest BCUT2D eigenvalue weighted by atomic mass is 35.5. The lowest BCUT2D eigenvalue weighted by atomic mass is 9.80. The van der Waals surface area contributed by atoms with Crippen LogP contribution in [0.2, 0.25) is 5.02 Å². The zero-order valence-electron chi connectivity index (χ0n) is 32.1. The van der Waals surface area contributed by atoms with Crippen LogP contribution in [0.5, 0.6) is 0 Å². The lowest BCUT2D eigenvalue weighted by Crippen LogP contribution is -2.36. The van der Waals surface area contributed by atoms with Crippen LogP contribution in [0, 0.1) is 18.8 Å². The maximum Gasteiger partial charge on any atom is 0.306 e. The molecule has 55 heavy (non-hydrogen) atoms. The summed E-state index contributed by atoms with van der Waals surface area (Å²) in [4.78, 5) is 52.6. The van der Waals surface area contributed by atoms with Gasteiger partial charge in [0, 0.05) is 82.3 Å². The maximum atomic E-state index is 13.7. The van der Waals surface area contributed by atoms with Gasteiger partial charge in [-0.25, -0.2) is 9.97 Å². The summed E-state index contributed by atoms with van der Waals surface area (Å²) in [6, 6.07) is 11.2. The van der Waals surface area contributed by atoms with Gasteiger partial charge in [-0.05, 0) is 81.7 Å². The number of aliphatic hydroxyl groups excluding tert-OH is 1. The van der Waals surface area contributed by atoms with Crippen molar-refractivity contribution in [3.8, 4) is 11.1 Å². The van der Waals surface area contributed by atoms with Crippen LogP contribution in [-0.4, -0.2) is 89.2 Å². The van der Waals surface area contributed by atoms with E-state index in [0.717, 1.165) is 98.5 Å². The van der Waals surface area contributed by atoms with E-state index in [4.69, 9.17) is 21.6 Å². The first-order chi connectivity index (χ1) is 26.4. The van der Waals surface area contributed by atoms with Gasteiger partial charge in [-0.15, -0.1) is 0 Å². The summed E-state index contributed by atoms with van der Waals surface area (Å²) in [6.07, 6.45) is 5.62. The Kier molecular flexibility index (Phi) is 11.4. The van der Waals surface area contributed by atoms with Crippen LogP contribution < -0.4 is 10.6 Å². The number of aliphatic hydroxyl groups is 1. The molecule has 0 bridgehead atoms. The number of aromatic nitrogens is 4. The first-order valence-electron chi connectivity index (χ1n) is 19.3. The number of halogens is 1. The van der Waals surface area contributed by atoms with Crippen molar-refractivity contribution in [2.45, 2.75) is 78.0 Å². The van der Waals surface area contributed by atoms with Crippen molar-refractivity contribution in [2.24, 2.45) is 25.9 Å². The maximum absolute atomic E-state index is 13.7. The lowest BCUT2D eigenvalue weighted by Gasteiger charge is -2.30. The normalized spacial score (nSPS) is 19.4. The molecule has 2 aliphatic heterocycles. The average molecular weight is 771 g/mol. The minimum Gasteiger partial charge on any atom is -0.481 e. The van der Waals surface area contributed by atoms with Crippen molar-refractivity contribution in [1.82, 2.24) is 28.9 Å². The van der Waals surface area contributed by atoms with Gasteiger partial charge in [-0.1, -0.05) is 35.9 Å². The third kappa shape index (κ3) is 8.21. The molecular weight excluding hydrogens is 720 g/mol. The number of carbonyl (C=O) groups excluding carboxylic acids is 2. The number of carbonyl (C=O) groups is 3. The Morgan fingerprint density at radius 1 is 0.836 bits per heavy atom. The molecule has 0 saturated heterocycles. The van der Waals surface area contributed by atoms with E-state index in [2.05, 4.69) is 20.4 Å². The molecule has 1 fully saturated rings. The van der Waals surface area contributed by atoms with Gasteiger partial charge in [0.2, 0.25) is 0 Å². The molecule has 2 aromatic carbocycles. The monoisotopic (exact) mass is 770 g/mol. The highest BCUT2D eigenvalue weighted by molar-refractivity contribution is 6.36. The van der Waals surface area contributed by atoms with Crippen LogP contribution in [0.1, 0.15) is 88.6 Å². The number of nitrogens with zero attached hydrogens (tertiary/aromatic N) is 6. The fraction of sp³-hybridized carbons (Fsp3) is 0.488. The van der Waals surface area contributed by atoms with Gasteiger partial charge in [0.25, 0.3) is 11.8 Å². The average Bonchev–Trinajstić information content (AvgIpc) is 3.67. The molecule has 1 aliphatic carbocycles. The van der Waals surface area contributed by atoms with E-state index in [1.54, 1.807) is 13.0 Å². The van der Waals surface area contributed by atoms with Crippen LogP contribution in [-0.2, 0) is 44.8 Å². The molecule has 13 nitrogen and oxygen atoms in total. The van der Waals surface area contributed by atoms with Crippen molar-refractivity contribution in [3.05, 3.63) is 81.4 Å². The first-order valence-corrected chi connectivity index (χ1v) is 19.7. The number of β-amino-alcohol motifs (C(OH)–C–C–N with tert-alkyl or cyclic N) is 1. The fourth-order valence-electron chi connectivity index (χ4n) is 8.61. The number of aliphatic carboxylic acids is 1. The zero-order chi connectivity index (χ0) is 39.0. The number of nitrogens with one attached hydrogen (secondary N) is 2. The number of imidazole rings is 2. The number of hydrogen-bond donors (Lipinski definition) is 4. The molecule has 3 aliphatic rings. The van der Waals surface area contributed by atoms with Crippen LogP contribution in [0.25, 0.3) is 11.1 Å².